The van der Waals surface area contributed by atoms with Gasteiger partial charge in [0.2, 0.25) is 0 Å². The van der Waals surface area contributed by atoms with Crippen LogP contribution in [0, 0.1) is 0 Å². The molecule has 0 aromatic heterocycles. The zero-order valence-corrected chi connectivity index (χ0v) is 53.5. The number of carbonyl (C=O) groups is 3. The average Bonchev–Trinajstić information content (AvgIpc) is 3.46. The van der Waals surface area contributed by atoms with Crippen molar-refractivity contribution >= 4 is 17.9 Å². The van der Waals surface area contributed by atoms with Crippen LogP contribution in [0.4, 0.5) is 0 Å². The van der Waals surface area contributed by atoms with Crippen LogP contribution in [0.2, 0.25) is 0 Å². The lowest BCUT2D eigenvalue weighted by atomic mass is 10.0. The smallest absolute Gasteiger partial charge is 0.306 e. The molecule has 0 aromatic rings. The summed E-state index contributed by atoms with van der Waals surface area (Å²) in [6.45, 7) is 6.52. The Labute approximate surface area is 502 Å². The molecule has 0 aliphatic carbocycles. The maximum Gasteiger partial charge on any atom is 0.306 e. The predicted molar refractivity (Wildman–Crippen MR) is 353 cm³/mol. The number of rotatable bonds is 63. The van der Waals surface area contributed by atoms with Gasteiger partial charge in [0, 0.05) is 19.3 Å². The van der Waals surface area contributed by atoms with Crippen molar-refractivity contribution in [2.45, 2.75) is 348 Å². The SMILES string of the molecule is CC/C=C\C/C=C\C/C=C\C/C=C\CCCCCCCCCCCCCCCCCCC(=O)OCC(COC(=O)CCCCCCC/C=C\CCCCCC)OC(=O)CCCCCCCC/C=C\C/C=C\C/C=C\CCCCCCC. The van der Waals surface area contributed by atoms with E-state index in [1.54, 1.807) is 0 Å². The van der Waals surface area contributed by atoms with Gasteiger partial charge in [-0.1, -0.05) is 298 Å². The Bertz CT molecular complexity index is 1580. The summed E-state index contributed by atoms with van der Waals surface area (Å²) in [5.74, 6) is -0.890. The fourth-order valence-electron chi connectivity index (χ4n) is 9.85. The van der Waals surface area contributed by atoms with Crippen molar-refractivity contribution < 1.29 is 28.6 Å². The Hall–Kier alpha value is -3.67. The summed E-state index contributed by atoms with van der Waals surface area (Å²) >= 11 is 0. The van der Waals surface area contributed by atoms with Crippen LogP contribution in [-0.2, 0) is 28.6 Å². The molecule has 0 aromatic carbocycles. The maximum absolute atomic E-state index is 12.9. The van der Waals surface area contributed by atoms with Crippen molar-refractivity contribution in [3.63, 3.8) is 0 Å². The maximum atomic E-state index is 12.9. The molecule has 6 nitrogen and oxygen atoms in total. The molecule has 6 heteroatoms. The summed E-state index contributed by atoms with van der Waals surface area (Å²) < 4.78 is 17.0. The van der Waals surface area contributed by atoms with Gasteiger partial charge in [0.15, 0.2) is 6.10 Å². The second kappa shape index (κ2) is 68.8. The fraction of sp³-hybridized carbons (Fsp3) is 0.747. The normalized spacial score (nSPS) is 12.7. The highest BCUT2D eigenvalue weighted by atomic mass is 16.6. The zero-order chi connectivity index (χ0) is 58.5. The highest BCUT2D eigenvalue weighted by Gasteiger charge is 2.19. The Morgan fingerprint density at radius 2 is 0.481 bits per heavy atom. The molecule has 0 heterocycles. The fourth-order valence-corrected chi connectivity index (χ4v) is 9.85. The number of hydrogen-bond acceptors (Lipinski definition) is 6. The number of hydrogen-bond donors (Lipinski definition) is 0. The topological polar surface area (TPSA) is 78.9 Å². The van der Waals surface area contributed by atoms with E-state index in [2.05, 4.69) is 118 Å². The molecule has 0 N–H and O–H groups in total. The second-order valence-corrected chi connectivity index (χ2v) is 23.1. The summed E-state index contributed by atoms with van der Waals surface area (Å²) in [5, 5.41) is 0. The summed E-state index contributed by atoms with van der Waals surface area (Å²) in [6.07, 6.45) is 92.9. The Morgan fingerprint density at radius 3 is 0.778 bits per heavy atom. The number of allylic oxidation sites excluding steroid dienone is 16. The molecule has 1 atom stereocenters. The number of ether oxygens (including phenoxy) is 3. The Morgan fingerprint density at radius 1 is 0.259 bits per heavy atom. The van der Waals surface area contributed by atoms with Gasteiger partial charge in [-0.3, -0.25) is 14.4 Å². The van der Waals surface area contributed by atoms with E-state index in [-0.39, 0.29) is 31.1 Å². The van der Waals surface area contributed by atoms with E-state index in [0.29, 0.717) is 19.3 Å². The lowest BCUT2D eigenvalue weighted by Crippen LogP contribution is -2.30. The van der Waals surface area contributed by atoms with Crippen molar-refractivity contribution in [1.29, 1.82) is 0 Å². The molecule has 0 fully saturated rings. The van der Waals surface area contributed by atoms with Crippen molar-refractivity contribution in [2.24, 2.45) is 0 Å². The molecule has 81 heavy (non-hydrogen) atoms. The lowest BCUT2D eigenvalue weighted by molar-refractivity contribution is -0.167. The van der Waals surface area contributed by atoms with Crippen LogP contribution in [0.5, 0.6) is 0 Å². The second-order valence-electron chi connectivity index (χ2n) is 23.1. The summed E-state index contributed by atoms with van der Waals surface area (Å²) in [6, 6.07) is 0. The van der Waals surface area contributed by atoms with Crippen LogP contribution < -0.4 is 0 Å². The highest BCUT2D eigenvalue weighted by molar-refractivity contribution is 5.71. The Balaban J connectivity index is 4.27. The predicted octanol–water partition coefficient (Wildman–Crippen LogP) is 24.0. The lowest BCUT2D eigenvalue weighted by Gasteiger charge is -2.18. The quantitative estimate of drug-likeness (QED) is 0.0261. The Kier molecular flexibility index (Phi) is 65.7. The molecule has 0 saturated heterocycles. The summed E-state index contributed by atoms with van der Waals surface area (Å²) in [5.41, 5.74) is 0. The van der Waals surface area contributed by atoms with E-state index >= 15 is 0 Å². The van der Waals surface area contributed by atoms with Crippen LogP contribution in [0.25, 0.3) is 0 Å². The number of esters is 3. The third kappa shape index (κ3) is 67.0. The third-order valence-corrected chi connectivity index (χ3v) is 15.0. The highest BCUT2D eigenvalue weighted by Crippen LogP contribution is 2.17. The molecule has 0 saturated carbocycles. The van der Waals surface area contributed by atoms with Gasteiger partial charge >= 0.3 is 17.9 Å². The molecule has 466 valence electrons. The van der Waals surface area contributed by atoms with Gasteiger partial charge < -0.3 is 14.2 Å². The van der Waals surface area contributed by atoms with E-state index in [1.807, 2.05) is 0 Å². The van der Waals surface area contributed by atoms with E-state index < -0.39 is 6.10 Å². The summed E-state index contributed by atoms with van der Waals surface area (Å²) in [4.78, 5) is 38.4. The standard InChI is InChI=1S/C75H130O6/c1-4-7-10-13-16-19-22-25-27-29-31-33-34-35-36-37-38-39-40-42-43-45-47-50-53-56-59-62-65-68-74(77)80-71-72(70-79-73(76)67-64-61-58-55-52-49-24-21-18-15-12-9-6-3)81-75(78)69-66-63-60-57-54-51-48-46-44-41-32-30-28-26-23-20-17-14-11-8-5-2/h7,10,16,19,21,23-27,30-33,44,46,72H,4-6,8-9,11-15,17-18,20,22,28-29,34-43,45,47-71H2,1-3H3/b10-7-,19-16-,24-21-,26-23-,27-25-,32-30-,33-31-,46-44-. The first-order valence-electron chi connectivity index (χ1n) is 34.7. The molecule has 0 radical (unpaired) electrons. The molecule has 0 aliphatic heterocycles. The van der Waals surface area contributed by atoms with Crippen molar-refractivity contribution in [1.82, 2.24) is 0 Å². The molecule has 0 rings (SSSR count). The van der Waals surface area contributed by atoms with Gasteiger partial charge in [-0.15, -0.1) is 0 Å². The minimum Gasteiger partial charge on any atom is -0.462 e. The molecule has 0 bridgehead atoms. The monoisotopic (exact) mass is 1130 g/mol. The van der Waals surface area contributed by atoms with E-state index in [0.717, 1.165) is 116 Å². The molecular formula is C75H130O6. The van der Waals surface area contributed by atoms with Gasteiger partial charge in [-0.25, -0.2) is 0 Å². The number of carbonyl (C=O) groups excluding carboxylic acids is 3. The van der Waals surface area contributed by atoms with E-state index in [1.165, 1.54) is 186 Å². The summed E-state index contributed by atoms with van der Waals surface area (Å²) in [7, 11) is 0. The van der Waals surface area contributed by atoms with Crippen molar-refractivity contribution in [2.75, 3.05) is 13.2 Å². The van der Waals surface area contributed by atoms with Gasteiger partial charge in [-0.2, -0.15) is 0 Å². The van der Waals surface area contributed by atoms with Crippen LogP contribution in [0.15, 0.2) is 97.2 Å². The molecular weight excluding hydrogens is 997 g/mol. The molecule has 0 spiro atoms. The average molecular weight is 1130 g/mol. The minimum atomic E-state index is -0.789. The van der Waals surface area contributed by atoms with Crippen LogP contribution in [0.3, 0.4) is 0 Å². The van der Waals surface area contributed by atoms with Crippen LogP contribution >= 0.6 is 0 Å². The van der Waals surface area contributed by atoms with Crippen molar-refractivity contribution in [3.8, 4) is 0 Å². The molecule has 1 unspecified atom stereocenters. The zero-order valence-electron chi connectivity index (χ0n) is 53.5. The van der Waals surface area contributed by atoms with Crippen LogP contribution in [0.1, 0.15) is 342 Å². The largest absolute Gasteiger partial charge is 0.462 e. The first kappa shape index (κ1) is 77.3. The number of unbranched alkanes of at least 4 members (excludes halogenated alkanes) is 36. The van der Waals surface area contributed by atoms with Gasteiger partial charge in [0.1, 0.15) is 13.2 Å². The first-order chi connectivity index (χ1) is 40.0. The van der Waals surface area contributed by atoms with Gasteiger partial charge in [-0.05, 0) is 122 Å². The first-order valence-corrected chi connectivity index (χ1v) is 34.7. The van der Waals surface area contributed by atoms with Crippen molar-refractivity contribution in [3.05, 3.63) is 97.2 Å². The third-order valence-electron chi connectivity index (χ3n) is 15.0. The minimum absolute atomic E-state index is 0.0831. The van der Waals surface area contributed by atoms with Gasteiger partial charge in [0.05, 0.1) is 0 Å². The van der Waals surface area contributed by atoms with E-state index in [4.69, 9.17) is 14.2 Å². The molecule has 0 aliphatic rings. The van der Waals surface area contributed by atoms with Crippen LogP contribution in [-0.4, -0.2) is 37.2 Å². The molecule has 0 amide bonds. The van der Waals surface area contributed by atoms with Gasteiger partial charge in [0.25, 0.3) is 0 Å². The van der Waals surface area contributed by atoms with E-state index in [9.17, 15) is 14.4 Å².